The number of nitrogens with one attached hydrogen (secondary N) is 1. The molecule has 0 radical (unpaired) electrons. The zero-order valence-electron chi connectivity index (χ0n) is 18.0. The number of amides is 1. The first-order valence-corrected chi connectivity index (χ1v) is 11.1. The van der Waals surface area contributed by atoms with E-state index in [4.69, 9.17) is 21.7 Å². The zero-order valence-corrected chi connectivity index (χ0v) is 18.8. The van der Waals surface area contributed by atoms with Crippen molar-refractivity contribution in [2.45, 2.75) is 6.18 Å². The standard InChI is InChI=1S/C23H21F3N4O3S/c24-23(25,26)16-2-1-3-17(12-16)29-8-6-28(7-9-29)13-30-21(31)18(27-22(30)34)10-15-4-5-19-20(11-15)33-14-32-19/h1-5,10-12H,6-9,13-14H2,(H,27,34)/b18-10-. The number of benzene rings is 2. The highest BCUT2D eigenvalue weighted by Gasteiger charge is 2.34. The van der Waals surface area contributed by atoms with E-state index in [2.05, 4.69) is 10.2 Å². The molecule has 2 aromatic rings. The second-order valence-corrected chi connectivity index (χ2v) is 8.52. The first-order chi connectivity index (χ1) is 16.3. The second-order valence-electron chi connectivity index (χ2n) is 8.13. The number of ether oxygens (including phenoxy) is 2. The molecular weight excluding hydrogens is 469 g/mol. The Kier molecular flexibility index (Phi) is 5.82. The van der Waals surface area contributed by atoms with Gasteiger partial charge in [0.2, 0.25) is 6.79 Å². The number of halogens is 3. The summed E-state index contributed by atoms with van der Waals surface area (Å²) in [5, 5.41) is 3.28. The van der Waals surface area contributed by atoms with Crippen LogP contribution in [0.2, 0.25) is 0 Å². The largest absolute Gasteiger partial charge is 0.454 e. The minimum Gasteiger partial charge on any atom is -0.454 e. The topological polar surface area (TPSA) is 57.3 Å². The van der Waals surface area contributed by atoms with E-state index in [1.807, 2.05) is 11.0 Å². The van der Waals surface area contributed by atoms with Crippen LogP contribution in [0, 0.1) is 0 Å². The Bertz CT molecular complexity index is 1160. The summed E-state index contributed by atoms with van der Waals surface area (Å²) in [6.45, 7) is 2.74. The van der Waals surface area contributed by atoms with Crippen molar-refractivity contribution in [1.29, 1.82) is 0 Å². The number of fused-ring (bicyclic) bond motifs is 1. The molecular formula is C23H21F3N4O3S. The first-order valence-electron chi connectivity index (χ1n) is 10.7. The number of anilines is 1. The SMILES string of the molecule is O=C1/C(=C/c2ccc3c(c2)OCO3)NC(=S)N1CN1CCN(c2cccc(C(F)(F)F)c2)CC1. The van der Waals surface area contributed by atoms with Crippen LogP contribution < -0.4 is 19.7 Å². The average molecular weight is 491 g/mol. The molecule has 1 N–H and O–H groups in total. The Labute approximate surface area is 199 Å². The van der Waals surface area contributed by atoms with Crippen LogP contribution in [-0.4, -0.2) is 60.5 Å². The van der Waals surface area contributed by atoms with Crippen molar-refractivity contribution < 1.29 is 27.4 Å². The smallest absolute Gasteiger partial charge is 0.416 e. The van der Waals surface area contributed by atoms with Crippen molar-refractivity contribution in [3.63, 3.8) is 0 Å². The lowest BCUT2D eigenvalue weighted by Gasteiger charge is -2.37. The van der Waals surface area contributed by atoms with Gasteiger partial charge in [-0.3, -0.25) is 14.6 Å². The fourth-order valence-corrected chi connectivity index (χ4v) is 4.35. The van der Waals surface area contributed by atoms with Gasteiger partial charge in [0.1, 0.15) is 5.70 Å². The Morgan fingerprint density at radius 2 is 1.79 bits per heavy atom. The third-order valence-corrected chi connectivity index (χ3v) is 6.24. The quantitative estimate of drug-likeness (QED) is 0.522. The molecule has 0 saturated carbocycles. The maximum atomic E-state index is 13.0. The summed E-state index contributed by atoms with van der Waals surface area (Å²) in [6.07, 6.45) is -2.66. The number of nitrogens with zero attached hydrogens (tertiary/aromatic N) is 3. The van der Waals surface area contributed by atoms with Crippen LogP contribution in [0.3, 0.4) is 0 Å². The maximum absolute atomic E-state index is 13.0. The van der Waals surface area contributed by atoms with Gasteiger partial charge in [0.05, 0.1) is 12.2 Å². The number of thiocarbonyl (C=S) groups is 1. The van der Waals surface area contributed by atoms with Gasteiger partial charge < -0.3 is 19.7 Å². The van der Waals surface area contributed by atoms with Crippen molar-refractivity contribution in [3.8, 4) is 11.5 Å². The molecule has 3 aliphatic rings. The fourth-order valence-electron chi connectivity index (χ4n) is 4.10. The summed E-state index contributed by atoms with van der Waals surface area (Å²) in [5.41, 5.74) is 1.03. The van der Waals surface area contributed by atoms with Gasteiger partial charge in [-0.25, -0.2) is 0 Å². The van der Waals surface area contributed by atoms with Crippen LogP contribution in [0.4, 0.5) is 18.9 Å². The van der Waals surface area contributed by atoms with E-state index in [0.717, 1.165) is 11.6 Å². The number of piperazine rings is 1. The monoisotopic (exact) mass is 490 g/mol. The highest BCUT2D eigenvalue weighted by molar-refractivity contribution is 7.80. The Morgan fingerprint density at radius 3 is 2.56 bits per heavy atom. The summed E-state index contributed by atoms with van der Waals surface area (Å²) in [7, 11) is 0. The highest BCUT2D eigenvalue weighted by atomic mass is 32.1. The lowest BCUT2D eigenvalue weighted by atomic mass is 10.1. The number of carbonyl (C=O) groups excluding carboxylic acids is 1. The zero-order chi connectivity index (χ0) is 23.9. The van der Waals surface area contributed by atoms with Gasteiger partial charge in [-0.05, 0) is 54.2 Å². The lowest BCUT2D eigenvalue weighted by molar-refractivity contribution is -0.137. The first kappa shape index (κ1) is 22.5. The van der Waals surface area contributed by atoms with Crippen LogP contribution in [-0.2, 0) is 11.0 Å². The maximum Gasteiger partial charge on any atom is 0.416 e. The molecule has 0 aliphatic carbocycles. The number of alkyl halides is 3. The third-order valence-electron chi connectivity index (χ3n) is 5.92. The number of hydrogen-bond donors (Lipinski definition) is 1. The fraction of sp³-hybridized carbons (Fsp3) is 0.304. The molecule has 2 aromatic carbocycles. The van der Waals surface area contributed by atoms with Crippen molar-refractivity contribution in [1.82, 2.24) is 15.1 Å². The highest BCUT2D eigenvalue weighted by Crippen LogP contribution is 2.34. The minimum atomic E-state index is -4.37. The average Bonchev–Trinajstić information content (AvgIpc) is 3.39. The Morgan fingerprint density at radius 1 is 1.03 bits per heavy atom. The van der Waals surface area contributed by atoms with Gasteiger partial charge in [-0.1, -0.05) is 12.1 Å². The van der Waals surface area contributed by atoms with E-state index in [9.17, 15) is 18.0 Å². The molecule has 2 fully saturated rings. The summed E-state index contributed by atoms with van der Waals surface area (Å²) in [4.78, 5) is 18.4. The van der Waals surface area contributed by atoms with Crippen molar-refractivity contribution in [2.75, 3.05) is 44.5 Å². The van der Waals surface area contributed by atoms with Crippen LogP contribution in [0.5, 0.6) is 11.5 Å². The van der Waals surface area contributed by atoms with Crippen LogP contribution in [0.25, 0.3) is 6.08 Å². The third kappa shape index (κ3) is 4.53. The van der Waals surface area contributed by atoms with E-state index in [1.165, 1.54) is 17.0 Å². The van der Waals surface area contributed by atoms with Crippen LogP contribution >= 0.6 is 12.2 Å². The molecule has 3 heterocycles. The van der Waals surface area contributed by atoms with E-state index < -0.39 is 11.7 Å². The summed E-state index contributed by atoms with van der Waals surface area (Å²) in [6, 6.07) is 10.8. The van der Waals surface area contributed by atoms with Gasteiger partial charge in [-0.2, -0.15) is 13.2 Å². The molecule has 0 bridgehead atoms. The summed E-state index contributed by atoms with van der Waals surface area (Å²) < 4.78 is 49.8. The van der Waals surface area contributed by atoms with Gasteiger partial charge in [0.25, 0.3) is 5.91 Å². The van der Waals surface area contributed by atoms with Gasteiger partial charge in [0, 0.05) is 31.9 Å². The molecule has 1 amide bonds. The van der Waals surface area contributed by atoms with Gasteiger partial charge >= 0.3 is 6.18 Å². The molecule has 5 rings (SSSR count). The molecule has 0 unspecified atom stereocenters. The van der Waals surface area contributed by atoms with Crippen molar-refractivity contribution >= 4 is 35.0 Å². The number of hydrogen-bond acceptors (Lipinski definition) is 6. The van der Waals surface area contributed by atoms with E-state index >= 15 is 0 Å². The number of carbonyl (C=O) groups is 1. The molecule has 2 saturated heterocycles. The van der Waals surface area contributed by atoms with Crippen LogP contribution in [0.1, 0.15) is 11.1 Å². The predicted molar refractivity (Wildman–Crippen MR) is 123 cm³/mol. The molecule has 7 nitrogen and oxygen atoms in total. The summed E-state index contributed by atoms with van der Waals surface area (Å²) >= 11 is 5.37. The van der Waals surface area contributed by atoms with Gasteiger partial charge in [-0.15, -0.1) is 0 Å². The lowest BCUT2D eigenvalue weighted by Crippen LogP contribution is -2.51. The summed E-state index contributed by atoms with van der Waals surface area (Å²) in [5.74, 6) is 1.05. The minimum absolute atomic E-state index is 0.172. The van der Waals surface area contributed by atoms with Crippen LogP contribution in [0.15, 0.2) is 48.2 Å². The molecule has 11 heteroatoms. The van der Waals surface area contributed by atoms with Crippen molar-refractivity contribution in [2.24, 2.45) is 0 Å². The normalized spacial score (nSPS) is 19.8. The number of rotatable bonds is 4. The molecule has 0 aromatic heterocycles. The second kappa shape index (κ2) is 8.80. The molecule has 3 aliphatic heterocycles. The van der Waals surface area contributed by atoms with E-state index in [-0.39, 0.29) is 12.7 Å². The van der Waals surface area contributed by atoms with Crippen molar-refractivity contribution in [3.05, 3.63) is 59.3 Å². The Balaban J connectivity index is 1.20. The molecule has 0 spiro atoms. The van der Waals surface area contributed by atoms with E-state index in [1.54, 1.807) is 24.3 Å². The Hall–Kier alpha value is -3.31. The molecule has 0 atom stereocenters. The molecule has 34 heavy (non-hydrogen) atoms. The predicted octanol–water partition coefficient (Wildman–Crippen LogP) is 3.27. The van der Waals surface area contributed by atoms with E-state index in [0.29, 0.717) is 60.8 Å². The van der Waals surface area contributed by atoms with Gasteiger partial charge in [0.15, 0.2) is 16.6 Å². The molecule has 178 valence electrons.